The quantitative estimate of drug-likeness (QED) is 0.875. The standard InChI is InChI=1S/C18H29N3O2/c1-15(2)21(12-13-22)18(23)19-16-8-7-9-17(14-16)20-10-5-3-4-6-11-20/h7-9,14-15,22H,3-6,10-13H2,1-2H3,(H,19,23). The monoisotopic (exact) mass is 319 g/mol. The van der Waals surface area contributed by atoms with Gasteiger partial charge in [-0.25, -0.2) is 4.79 Å². The van der Waals surface area contributed by atoms with Crippen molar-refractivity contribution in [3.05, 3.63) is 24.3 Å². The Hall–Kier alpha value is -1.75. The third-order valence-corrected chi connectivity index (χ3v) is 4.29. The molecule has 1 heterocycles. The minimum atomic E-state index is -0.165. The molecule has 5 nitrogen and oxygen atoms in total. The molecule has 0 aromatic heterocycles. The molecule has 0 spiro atoms. The lowest BCUT2D eigenvalue weighted by atomic mass is 10.2. The second kappa shape index (κ2) is 8.77. The molecule has 0 unspecified atom stereocenters. The maximum Gasteiger partial charge on any atom is 0.322 e. The molecule has 1 aliphatic rings. The van der Waals surface area contributed by atoms with E-state index >= 15 is 0 Å². The van der Waals surface area contributed by atoms with E-state index < -0.39 is 0 Å². The SMILES string of the molecule is CC(C)N(CCO)C(=O)Nc1cccc(N2CCCCCC2)c1. The van der Waals surface area contributed by atoms with Gasteiger partial charge in [-0.15, -0.1) is 0 Å². The van der Waals surface area contributed by atoms with Gasteiger partial charge in [0.2, 0.25) is 0 Å². The lowest BCUT2D eigenvalue weighted by molar-refractivity contribution is 0.172. The molecule has 1 aromatic rings. The number of carbonyl (C=O) groups is 1. The van der Waals surface area contributed by atoms with Crippen molar-refractivity contribution >= 4 is 17.4 Å². The fraction of sp³-hybridized carbons (Fsp3) is 0.611. The third-order valence-electron chi connectivity index (χ3n) is 4.29. The summed E-state index contributed by atoms with van der Waals surface area (Å²) < 4.78 is 0. The molecule has 5 heteroatoms. The molecule has 2 amide bonds. The number of hydrogen-bond acceptors (Lipinski definition) is 3. The molecule has 128 valence electrons. The van der Waals surface area contributed by atoms with Crippen molar-refractivity contribution in [1.82, 2.24) is 4.90 Å². The van der Waals surface area contributed by atoms with Crippen LogP contribution < -0.4 is 10.2 Å². The molecule has 2 rings (SSSR count). The topological polar surface area (TPSA) is 55.8 Å². The van der Waals surface area contributed by atoms with Crippen LogP contribution >= 0.6 is 0 Å². The molecule has 23 heavy (non-hydrogen) atoms. The Morgan fingerprint density at radius 1 is 1.26 bits per heavy atom. The van der Waals surface area contributed by atoms with E-state index in [9.17, 15) is 4.79 Å². The van der Waals surface area contributed by atoms with E-state index in [0.29, 0.717) is 6.54 Å². The lowest BCUT2D eigenvalue weighted by Crippen LogP contribution is -2.41. The molecular formula is C18H29N3O2. The number of urea groups is 1. The van der Waals surface area contributed by atoms with E-state index in [1.807, 2.05) is 32.0 Å². The summed E-state index contributed by atoms with van der Waals surface area (Å²) in [6.45, 7) is 6.38. The Bertz CT molecular complexity index is 497. The molecule has 0 aliphatic carbocycles. The highest BCUT2D eigenvalue weighted by Crippen LogP contribution is 2.23. The number of rotatable bonds is 5. The summed E-state index contributed by atoms with van der Waals surface area (Å²) in [6, 6.07) is 7.94. The van der Waals surface area contributed by atoms with E-state index in [4.69, 9.17) is 5.11 Å². The first kappa shape index (κ1) is 17.6. The predicted octanol–water partition coefficient (Wildman–Crippen LogP) is 3.30. The first-order valence-corrected chi connectivity index (χ1v) is 8.65. The Morgan fingerprint density at radius 2 is 1.96 bits per heavy atom. The van der Waals surface area contributed by atoms with E-state index in [1.165, 1.54) is 31.4 Å². The van der Waals surface area contributed by atoms with Crippen molar-refractivity contribution in [2.75, 3.05) is 36.5 Å². The van der Waals surface area contributed by atoms with E-state index in [0.717, 1.165) is 18.8 Å². The number of anilines is 2. The number of nitrogens with zero attached hydrogens (tertiary/aromatic N) is 2. The molecule has 0 atom stereocenters. The third kappa shape index (κ3) is 5.13. The average molecular weight is 319 g/mol. The van der Waals surface area contributed by atoms with Crippen LogP contribution in [0.25, 0.3) is 0 Å². The zero-order valence-corrected chi connectivity index (χ0v) is 14.3. The van der Waals surface area contributed by atoms with Crippen LogP contribution in [0.4, 0.5) is 16.2 Å². The average Bonchev–Trinajstić information content (AvgIpc) is 2.81. The van der Waals surface area contributed by atoms with Crippen LogP contribution in [0.5, 0.6) is 0 Å². The van der Waals surface area contributed by atoms with E-state index in [2.05, 4.69) is 16.3 Å². The minimum absolute atomic E-state index is 0.0284. The Kier molecular flexibility index (Phi) is 6.71. The van der Waals surface area contributed by atoms with Gasteiger partial charge < -0.3 is 20.2 Å². The first-order chi connectivity index (χ1) is 11.1. The van der Waals surface area contributed by atoms with Crippen LogP contribution in [-0.2, 0) is 0 Å². The van der Waals surface area contributed by atoms with Gasteiger partial charge >= 0.3 is 6.03 Å². The van der Waals surface area contributed by atoms with Gasteiger partial charge in [0.05, 0.1) is 6.61 Å². The van der Waals surface area contributed by atoms with Crippen LogP contribution in [0.3, 0.4) is 0 Å². The van der Waals surface area contributed by atoms with Crippen molar-refractivity contribution in [3.8, 4) is 0 Å². The summed E-state index contributed by atoms with van der Waals surface area (Å²) in [5.74, 6) is 0. The van der Waals surface area contributed by atoms with Crippen molar-refractivity contribution in [2.45, 2.75) is 45.6 Å². The molecule has 0 radical (unpaired) electrons. The molecule has 0 saturated carbocycles. The summed E-state index contributed by atoms with van der Waals surface area (Å²) in [7, 11) is 0. The highest BCUT2D eigenvalue weighted by Gasteiger charge is 2.17. The fourth-order valence-corrected chi connectivity index (χ4v) is 3.01. The van der Waals surface area contributed by atoms with Gasteiger partial charge in [0.25, 0.3) is 0 Å². The van der Waals surface area contributed by atoms with Crippen LogP contribution in [0.2, 0.25) is 0 Å². The van der Waals surface area contributed by atoms with Crippen molar-refractivity contribution in [3.63, 3.8) is 0 Å². The predicted molar refractivity (Wildman–Crippen MR) is 95.1 cm³/mol. The van der Waals surface area contributed by atoms with Gasteiger partial charge in [-0.3, -0.25) is 0 Å². The summed E-state index contributed by atoms with van der Waals surface area (Å²) in [5.41, 5.74) is 1.98. The molecule has 1 fully saturated rings. The molecular weight excluding hydrogens is 290 g/mol. The Morgan fingerprint density at radius 3 is 2.57 bits per heavy atom. The number of hydrogen-bond donors (Lipinski definition) is 2. The van der Waals surface area contributed by atoms with Crippen LogP contribution in [0.1, 0.15) is 39.5 Å². The lowest BCUT2D eigenvalue weighted by Gasteiger charge is -2.27. The first-order valence-electron chi connectivity index (χ1n) is 8.65. The van der Waals surface area contributed by atoms with E-state index in [-0.39, 0.29) is 18.7 Å². The zero-order valence-electron chi connectivity index (χ0n) is 14.3. The number of aliphatic hydroxyl groups excluding tert-OH is 1. The summed E-state index contributed by atoms with van der Waals surface area (Å²) in [4.78, 5) is 16.4. The largest absolute Gasteiger partial charge is 0.395 e. The fourth-order valence-electron chi connectivity index (χ4n) is 3.01. The van der Waals surface area contributed by atoms with E-state index in [1.54, 1.807) is 4.90 Å². The van der Waals surface area contributed by atoms with Gasteiger partial charge in [0, 0.05) is 37.1 Å². The van der Waals surface area contributed by atoms with Gasteiger partial charge in [-0.2, -0.15) is 0 Å². The number of carbonyl (C=O) groups excluding carboxylic acids is 1. The Balaban J connectivity index is 2.05. The van der Waals surface area contributed by atoms with Crippen molar-refractivity contribution in [2.24, 2.45) is 0 Å². The van der Waals surface area contributed by atoms with Crippen molar-refractivity contribution < 1.29 is 9.90 Å². The Labute approximate surface area is 139 Å². The number of aliphatic hydroxyl groups is 1. The van der Waals surface area contributed by atoms with Crippen LogP contribution in [0.15, 0.2) is 24.3 Å². The smallest absolute Gasteiger partial charge is 0.322 e. The van der Waals surface area contributed by atoms with Gasteiger partial charge in [-0.1, -0.05) is 18.9 Å². The maximum absolute atomic E-state index is 12.4. The highest BCUT2D eigenvalue weighted by molar-refractivity contribution is 5.90. The summed E-state index contributed by atoms with van der Waals surface area (Å²) in [5, 5.41) is 12.1. The number of benzene rings is 1. The molecule has 1 saturated heterocycles. The van der Waals surface area contributed by atoms with Crippen molar-refractivity contribution in [1.29, 1.82) is 0 Å². The minimum Gasteiger partial charge on any atom is -0.395 e. The zero-order chi connectivity index (χ0) is 16.7. The normalized spacial score (nSPS) is 15.4. The summed E-state index contributed by atoms with van der Waals surface area (Å²) >= 11 is 0. The molecule has 1 aromatic carbocycles. The van der Waals surface area contributed by atoms with Crippen LogP contribution in [-0.4, -0.2) is 48.3 Å². The summed E-state index contributed by atoms with van der Waals surface area (Å²) in [6.07, 6.45) is 5.07. The second-order valence-corrected chi connectivity index (χ2v) is 6.39. The van der Waals surface area contributed by atoms with Gasteiger partial charge in [-0.05, 0) is 44.9 Å². The highest BCUT2D eigenvalue weighted by atomic mass is 16.3. The van der Waals surface area contributed by atoms with Crippen LogP contribution in [0, 0.1) is 0 Å². The van der Waals surface area contributed by atoms with Gasteiger partial charge in [0.1, 0.15) is 0 Å². The second-order valence-electron chi connectivity index (χ2n) is 6.39. The number of nitrogens with one attached hydrogen (secondary N) is 1. The number of amides is 2. The maximum atomic E-state index is 12.4. The van der Waals surface area contributed by atoms with Gasteiger partial charge in [0.15, 0.2) is 0 Å². The molecule has 1 aliphatic heterocycles. The molecule has 0 bridgehead atoms. The molecule has 2 N–H and O–H groups in total.